The van der Waals surface area contributed by atoms with E-state index in [1.165, 1.54) is 0 Å². The lowest BCUT2D eigenvalue weighted by Crippen LogP contribution is -2.41. The molecule has 1 heterocycles. The number of nitrogens with zero attached hydrogens (tertiary/aromatic N) is 1. The molecule has 1 amide bonds. The number of para-hydroxylation sites is 1. The van der Waals surface area contributed by atoms with Crippen LogP contribution in [0.1, 0.15) is 44.7 Å². The normalized spacial score (nSPS) is 18.9. The predicted octanol–water partition coefficient (Wildman–Crippen LogP) is 2.86. The Morgan fingerprint density at radius 1 is 1.39 bits per heavy atom. The minimum Gasteiger partial charge on any atom is -0.324 e. The fraction of sp³-hybridized carbons (Fsp3) is 0.533. The summed E-state index contributed by atoms with van der Waals surface area (Å²) in [5, 5.41) is 0. The van der Waals surface area contributed by atoms with Crippen LogP contribution in [0, 0.1) is 5.92 Å². The number of rotatable bonds is 3. The highest BCUT2D eigenvalue weighted by Gasteiger charge is 2.29. The summed E-state index contributed by atoms with van der Waals surface area (Å²) in [6.45, 7) is 4.90. The van der Waals surface area contributed by atoms with Crippen molar-refractivity contribution in [2.45, 2.75) is 39.2 Å². The molecule has 1 aliphatic rings. The van der Waals surface area contributed by atoms with Crippen molar-refractivity contribution >= 4 is 11.6 Å². The van der Waals surface area contributed by atoms with Crippen LogP contribution >= 0.6 is 0 Å². The molecular formula is C15H22N2O. The van der Waals surface area contributed by atoms with Crippen LogP contribution < -0.4 is 10.6 Å². The van der Waals surface area contributed by atoms with Gasteiger partial charge in [0.05, 0.1) is 0 Å². The number of carbonyl (C=O) groups is 1. The molecule has 2 rings (SSSR count). The van der Waals surface area contributed by atoms with E-state index in [2.05, 4.69) is 13.8 Å². The van der Waals surface area contributed by atoms with E-state index in [-0.39, 0.29) is 17.9 Å². The molecule has 98 valence electrons. The van der Waals surface area contributed by atoms with E-state index in [1.54, 1.807) is 0 Å². The van der Waals surface area contributed by atoms with Crippen LogP contribution in [0.3, 0.4) is 0 Å². The van der Waals surface area contributed by atoms with Gasteiger partial charge in [-0.05, 0) is 30.9 Å². The third-order valence-corrected chi connectivity index (χ3v) is 3.89. The fourth-order valence-corrected chi connectivity index (χ4v) is 2.68. The quantitative estimate of drug-likeness (QED) is 0.891. The van der Waals surface area contributed by atoms with Crippen molar-refractivity contribution in [1.82, 2.24) is 0 Å². The SMILES string of the molecule is CCC(CC)C(=O)N1CCC(N)c2ccccc21. The molecule has 0 bridgehead atoms. The second-order valence-corrected chi connectivity index (χ2v) is 4.96. The molecule has 0 fully saturated rings. The standard InChI is InChI=1S/C15H22N2O/c1-3-11(4-2)15(18)17-10-9-13(16)12-7-5-6-8-14(12)17/h5-8,11,13H,3-4,9-10,16H2,1-2H3. The molecule has 0 aliphatic carbocycles. The summed E-state index contributed by atoms with van der Waals surface area (Å²) in [5.74, 6) is 0.381. The van der Waals surface area contributed by atoms with Gasteiger partial charge >= 0.3 is 0 Å². The summed E-state index contributed by atoms with van der Waals surface area (Å²) in [6, 6.07) is 8.07. The van der Waals surface area contributed by atoms with Crippen LogP contribution in [0.2, 0.25) is 0 Å². The number of hydrogen-bond acceptors (Lipinski definition) is 2. The molecule has 0 aromatic heterocycles. The monoisotopic (exact) mass is 246 g/mol. The summed E-state index contributed by atoms with van der Waals surface area (Å²) in [4.78, 5) is 14.4. The van der Waals surface area contributed by atoms with Crippen molar-refractivity contribution < 1.29 is 4.79 Å². The second-order valence-electron chi connectivity index (χ2n) is 4.96. The molecular weight excluding hydrogens is 224 g/mol. The van der Waals surface area contributed by atoms with E-state index in [4.69, 9.17) is 5.73 Å². The van der Waals surface area contributed by atoms with Gasteiger partial charge in [-0.1, -0.05) is 32.0 Å². The molecule has 1 aliphatic heterocycles. The summed E-state index contributed by atoms with van der Waals surface area (Å²) in [6.07, 6.45) is 2.66. The Kier molecular flexibility index (Phi) is 4.02. The van der Waals surface area contributed by atoms with Gasteiger partial charge in [0, 0.05) is 24.2 Å². The zero-order valence-electron chi connectivity index (χ0n) is 11.2. The number of carbonyl (C=O) groups excluding carboxylic acids is 1. The molecule has 0 spiro atoms. The van der Waals surface area contributed by atoms with Crippen LogP contribution in [0.15, 0.2) is 24.3 Å². The summed E-state index contributed by atoms with van der Waals surface area (Å²) in [7, 11) is 0. The van der Waals surface area contributed by atoms with Gasteiger partial charge in [-0.3, -0.25) is 4.79 Å². The maximum Gasteiger partial charge on any atom is 0.230 e. The highest BCUT2D eigenvalue weighted by molar-refractivity contribution is 5.96. The van der Waals surface area contributed by atoms with E-state index in [0.29, 0.717) is 0 Å². The van der Waals surface area contributed by atoms with Crippen molar-refractivity contribution in [3.8, 4) is 0 Å². The van der Waals surface area contributed by atoms with Gasteiger partial charge < -0.3 is 10.6 Å². The highest BCUT2D eigenvalue weighted by Crippen LogP contribution is 2.33. The lowest BCUT2D eigenvalue weighted by Gasteiger charge is -2.34. The van der Waals surface area contributed by atoms with Gasteiger partial charge in [0.15, 0.2) is 0 Å². The Morgan fingerprint density at radius 2 is 2.06 bits per heavy atom. The van der Waals surface area contributed by atoms with Crippen molar-refractivity contribution in [2.24, 2.45) is 11.7 Å². The number of amides is 1. The van der Waals surface area contributed by atoms with Crippen molar-refractivity contribution in [3.63, 3.8) is 0 Å². The van der Waals surface area contributed by atoms with Crippen LogP contribution in [-0.2, 0) is 4.79 Å². The first-order valence-corrected chi connectivity index (χ1v) is 6.84. The van der Waals surface area contributed by atoms with E-state index >= 15 is 0 Å². The molecule has 0 saturated carbocycles. The molecule has 1 aromatic carbocycles. The van der Waals surface area contributed by atoms with E-state index in [9.17, 15) is 4.79 Å². The Morgan fingerprint density at radius 3 is 2.72 bits per heavy atom. The molecule has 0 saturated heterocycles. The minimum absolute atomic E-state index is 0.0620. The number of nitrogens with two attached hydrogens (primary N) is 1. The average Bonchev–Trinajstić information content (AvgIpc) is 2.41. The minimum atomic E-state index is 0.0620. The average molecular weight is 246 g/mol. The van der Waals surface area contributed by atoms with Crippen LogP contribution in [-0.4, -0.2) is 12.5 Å². The van der Waals surface area contributed by atoms with E-state index in [0.717, 1.165) is 37.1 Å². The molecule has 18 heavy (non-hydrogen) atoms. The van der Waals surface area contributed by atoms with Gasteiger partial charge in [0.1, 0.15) is 0 Å². The summed E-state index contributed by atoms with van der Waals surface area (Å²) < 4.78 is 0. The summed E-state index contributed by atoms with van der Waals surface area (Å²) >= 11 is 0. The third kappa shape index (κ3) is 2.27. The van der Waals surface area contributed by atoms with Gasteiger partial charge in [-0.15, -0.1) is 0 Å². The maximum absolute atomic E-state index is 12.5. The third-order valence-electron chi connectivity index (χ3n) is 3.89. The van der Waals surface area contributed by atoms with Gasteiger partial charge in [0.2, 0.25) is 5.91 Å². The molecule has 1 unspecified atom stereocenters. The van der Waals surface area contributed by atoms with Crippen molar-refractivity contribution in [2.75, 3.05) is 11.4 Å². The number of benzene rings is 1. The number of fused-ring (bicyclic) bond motifs is 1. The molecule has 1 aromatic rings. The molecule has 3 nitrogen and oxygen atoms in total. The first-order chi connectivity index (χ1) is 8.69. The molecule has 2 N–H and O–H groups in total. The van der Waals surface area contributed by atoms with Gasteiger partial charge in [0.25, 0.3) is 0 Å². The molecule has 3 heteroatoms. The second kappa shape index (κ2) is 5.53. The zero-order chi connectivity index (χ0) is 13.1. The summed E-state index contributed by atoms with van der Waals surface area (Å²) in [5.41, 5.74) is 8.22. The van der Waals surface area contributed by atoms with Gasteiger partial charge in [-0.2, -0.15) is 0 Å². The topological polar surface area (TPSA) is 46.3 Å². The first-order valence-electron chi connectivity index (χ1n) is 6.84. The molecule has 1 atom stereocenters. The molecule has 0 radical (unpaired) electrons. The Balaban J connectivity index is 2.31. The number of anilines is 1. The van der Waals surface area contributed by atoms with Crippen molar-refractivity contribution in [1.29, 1.82) is 0 Å². The van der Waals surface area contributed by atoms with Crippen molar-refractivity contribution in [3.05, 3.63) is 29.8 Å². The van der Waals surface area contributed by atoms with E-state index in [1.807, 2.05) is 29.2 Å². The Labute approximate surface area is 109 Å². The van der Waals surface area contributed by atoms with Gasteiger partial charge in [-0.25, -0.2) is 0 Å². The highest BCUT2D eigenvalue weighted by atomic mass is 16.2. The predicted molar refractivity (Wildman–Crippen MR) is 74.4 cm³/mol. The lowest BCUT2D eigenvalue weighted by atomic mass is 9.94. The lowest BCUT2D eigenvalue weighted by molar-refractivity contribution is -0.122. The Hall–Kier alpha value is -1.35. The smallest absolute Gasteiger partial charge is 0.230 e. The van der Waals surface area contributed by atoms with Crippen LogP contribution in [0.25, 0.3) is 0 Å². The number of hydrogen-bond donors (Lipinski definition) is 1. The Bertz CT molecular complexity index is 426. The van der Waals surface area contributed by atoms with Crippen LogP contribution in [0.4, 0.5) is 5.69 Å². The maximum atomic E-state index is 12.5. The van der Waals surface area contributed by atoms with E-state index < -0.39 is 0 Å². The first kappa shape index (κ1) is 13.1. The zero-order valence-corrected chi connectivity index (χ0v) is 11.2. The van der Waals surface area contributed by atoms with Crippen LogP contribution in [0.5, 0.6) is 0 Å². The largest absolute Gasteiger partial charge is 0.324 e. The fourth-order valence-electron chi connectivity index (χ4n) is 2.68.